The van der Waals surface area contributed by atoms with Crippen LogP contribution < -0.4 is 4.74 Å². The highest BCUT2D eigenvalue weighted by Crippen LogP contribution is 2.15. The SMILES string of the molecule is CCCc1ccc(OCc2ccc(F)cc2)cc1. The average Bonchev–Trinajstić information content (AvgIpc) is 2.40. The van der Waals surface area contributed by atoms with Crippen LogP contribution in [0.15, 0.2) is 48.5 Å². The zero-order chi connectivity index (χ0) is 12.8. The third-order valence-corrected chi connectivity index (χ3v) is 2.78. The van der Waals surface area contributed by atoms with Gasteiger partial charge in [-0.3, -0.25) is 0 Å². The molecule has 18 heavy (non-hydrogen) atoms. The number of benzene rings is 2. The van der Waals surface area contributed by atoms with Gasteiger partial charge < -0.3 is 4.74 Å². The van der Waals surface area contributed by atoms with Crippen molar-refractivity contribution in [3.05, 3.63) is 65.5 Å². The monoisotopic (exact) mass is 244 g/mol. The molecule has 94 valence electrons. The van der Waals surface area contributed by atoms with Crippen molar-refractivity contribution in [1.82, 2.24) is 0 Å². The first-order chi connectivity index (χ1) is 8.78. The molecule has 0 fully saturated rings. The van der Waals surface area contributed by atoms with Gasteiger partial charge in [0.2, 0.25) is 0 Å². The summed E-state index contributed by atoms with van der Waals surface area (Å²) in [6, 6.07) is 14.5. The van der Waals surface area contributed by atoms with Gasteiger partial charge >= 0.3 is 0 Å². The Bertz CT molecular complexity index is 473. The standard InChI is InChI=1S/C16H17FO/c1-2-3-13-6-10-16(11-7-13)18-12-14-4-8-15(17)9-5-14/h4-11H,2-3,12H2,1H3. The molecule has 1 nitrogen and oxygen atoms in total. The zero-order valence-corrected chi connectivity index (χ0v) is 10.5. The molecule has 2 rings (SSSR count). The summed E-state index contributed by atoms with van der Waals surface area (Å²) in [4.78, 5) is 0. The number of rotatable bonds is 5. The Labute approximate surface area is 107 Å². The number of hydrogen-bond donors (Lipinski definition) is 0. The van der Waals surface area contributed by atoms with Gasteiger partial charge in [0, 0.05) is 0 Å². The molecule has 0 saturated carbocycles. The third-order valence-electron chi connectivity index (χ3n) is 2.78. The van der Waals surface area contributed by atoms with Gasteiger partial charge in [-0.15, -0.1) is 0 Å². The number of halogens is 1. The minimum Gasteiger partial charge on any atom is -0.489 e. The second kappa shape index (κ2) is 6.20. The molecule has 2 heteroatoms. The zero-order valence-electron chi connectivity index (χ0n) is 10.5. The smallest absolute Gasteiger partial charge is 0.123 e. The molecule has 2 aromatic rings. The molecule has 0 heterocycles. The average molecular weight is 244 g/mol. The molecule has 0 aromatic heterocycles. The van der Waals surface area contributed by atoms with E-state index in [1.54, 1.807) is 12.1 Å². The van der Waals surface area contributed by atoms with Gasteiger partial charge in [-0.25, -0.2) is 4.39 Å². The first-order valence-corrected chi connectivity index (χ1v) is 6.24. The van der Waals surface area contributed by atoms with Crippen molar-refractivity contribution >= 4 is 0 Å². The van der Waals surface area contributed by atoms with Crippen molar-refractivity contribution < 1.29 is 9.13 Å². The van der Waals surface area contributed by atoms with E-state index < -0.39 is 0 Å². The molecule has 0 N–H and O–H groups in total. The molecule has 0 atom stereocenters. The summed E-state index contributed by atoms with van der Waals surface area (Å²) < 4.78 is 18.4. The fourth-order valence-corrected chi connectivity index (χ4v) is 1.79. The lowest BCUT2D eigenvalue weighted by Gasteiger charge is -2.07. The summed E-state index contributed by atoms with van der Waals surface area (Å²) >= 11 is 0. The van der Waals surface area contributed by atoms with Crippen LogP contribution in [0.1, 0.15) is 24.5 Å². The maximum atomic E-state index is 12.7. The van der Waals surface area contributed by atoms with Gasteiger partial charge in [0.15, 0.2) is 0 Å². The van der Waals surface area contributed by atoms with E-state index in [4.69, 9.17) is 4.74 Å². The molecule has 2 aromatic carbocycles. The van der Waals surface area contributed by atoms with Gasteiger partial charge in [0.25, 0.3) is 0 Å². The Kier molecular flexibility index (Phi) is 4.35. The van der Waals surface area contributed by atoms with Crippen molar-refractivity contribution in [3.63, 3.8) is 0 Å². The Balaban J connectivity index is 1.91. The van der Waals surface area contributed by atoms with Gasteiger partial charge in [-0.05, 0) is 41.8 Å². The van der Waals surface area contributed by atoms with E-state index in [0.29, 0.717) is 6.61 Å². The van der Waals surface area contributed by atoms with Crippen LogP contribution in [0.3, 0.4) is 0 Å². The molecule has 0 aliphatic heterocycles. The summed E-state index contributed by atoms with van der Waals surface area (Å²) in [5.41, 5.74) is 2.29. The molecule has 0 radical (unpaired) electrons. The molecular formula is C16H17FO. The molecule has 0 saturated heterocycles. The van der Waals surface area contributed by atoms with Crippen molar-refractivity contribution in [1.29, 1.82) is 0 Å². The first kappa shape index (κ1) is 12.6. The highest BCUT2D eigenvalue weighted by molar-refractivity contribution is 5.27. The predicted molar refractivity (Wildman–Crippen MR) is 71.2 cm³/mol. The summed E-state index contributed by atoms with van der Waals surface area (Å²) in [5.74, 6) is 0.627. The van der Waals surface area contributed by atoms with E-state index in [2.05, 4.69) is 19.1 Å². The quantitative estimate of drug-likeness (QED) is 0.759. The van der Waals surface area contributed by atoms with Crippen LogP contribution >= 0.6 is 0 Å². The number of ether oxygens (including phenoxy) is 1. The minimum atomic E-state index is -0.220. The minimum absolute atomic E-state index is 0.220. The Morgan fingerprint density at radius 1 is 0.889 bits per heavy atom. The maximum absolute atomic E-state index is 12.7. The Morgan fingerprint density at radius 2 is 1.50 bits per heavy atom. The van der Waals surface area contributed by atoms with E-state index in [9.17, 15) is 4.39 Å². The summed E-state index contributed by atoms with van der Waals surface area (Å²) in [6.45, 7) is 2.63. The largest absolute Gasteiger partial charge is 0.489 e. The fourth-order valence-electron chi connectivity index (χ4n) is 1.79. The topological polar surface area (TPSA) is 9.23 Å². The van der Waals surface area contributed by atoms with Crippen LogP contribution in [-0.4, -0.2) is 0 Å². The lowest BCUT2D eigenvalue weighted by Crippen LogP contribution is -1.95. The van der Waals surface area contributed by atoms with Crippen LogP contribution in [0, 0.1) is 5.82 Å². The molecule has 0 spiro atoms. The lowest BCUT2D eigenvalue weighted by atomic mass is 10.1. The Hall–Kier alpha value is -1.83. The van der Waals surface area contributed by atoms with E-state index in [1.165, 1.54) is 17.7 Å². The van der Waals surface area contributed by atoms with Crippen molar-refractivity contribution in [3.8, 4) is 5.75 Å². The van der Waals surface area contributed by atoms with Crippen LogP contribution in [0.2, 0.25) is 0 Å². The number of hydrogen-bond acceptors (Lipinski definition) is 1. The van der Waals surface area contributed by atoms with Crippen LogP contribution in [-0.2, 0) is 13.0 Å². The van der Waals surface area contributed by atoms with Gasteiger partial charge in [-0.1, -0.05) is 37.6 Å². The second-order valence-electron chi connectivity index (χ2n) is 4.31. The first-order valence-electron chi connectivity index (χ1n) is 6.24. The molecule has 0 aliphatic rings. The van der Waals surface area contributed by atoms with E-state index in [0.717, 1.165) is 24.2 Å². The van der Waals surface area contributed by atoms with Crippen LogP contribution in [0.4, 0.5) is 4.39 Å². The van der Waals surface area contributed by atoms with Crippen LogP contribution in [0.25, 0.3) is 0 Å². The Morgan fingerprint density at radius 3 is 2.11 bits per heavy atom. The summed E-state index contributed by atoms with van der Waals surface area (Å²) in [7, 11) is 0. The normalized spacial score (nSPS) is 10.3. The molecule has 0 bridgehead atoms. The van der Waals surface area contributed by atoms with Crippen molar-refractivity contribution in [2.45, 2.75) is 26.4 Å². The van der Waals surface area contributed by atoms with E-state index >= 15 is 0 Å². The summed E-state index contributed by atoms with van der Waals surface area (Å²) in [6.07, 6.45) is 2.24. The molecular weight excluding hydrogens is 227 g/mol. The van der Waals surface area contributed by atoms with Gasteiger partial charge in [0.05, 0.1) is 0 Å². The highest BCUT2D eigenvalue weighted by atomic mass is 19.1. The predicted octanol–water partition coefficient (Wildman–Crippen LogP) is 4.36. The third kappa shape index (κ3) is 3.59. The maximum Gasteiger partial charge on any atom is 0.123 e. The van der Waals surface area contributed by atoms with E-state index in [-0.39, 0.29) is 5.82 Å². The highest BCUT2D eigenvalue weighted by Gasteiger charge is 1.97. The van der Waals surface area contributed by atoms with Crippen molar-refractivity contribution in [2.75, 3.05) is 0 Å². The molecule has 0 unspecified atom stereocenters. The number of aryl methyl sites for hydroxylation is 1. The second-order valence-corrected chi connectivity index (χ2v) is 4.31. The lowest BCUT2D eigenvalue weighted by molar-refractivity contribution is 0.306. The van der Waals surface area contributed by atoms with Crippen molar-refractivity contribution in [2.24, 2.45) is 0 Å². The van der Waals surface area contributed by atoms with Gasteiger partial charge in [-0.2, -0.15) is 0 Å². The van der Waals surface area contributed by atoms with Gasteiger partial charge in [0.1, 0.15) is 18.2 Å². The molecule has 0 amide bonds. The summed E-state index contributed by atoms with van der Waals surface area (Å²) in [5, 5.41) is 0. The molecule has 0 aliphatic carbocycles. The van der Waals surface area contributed by atoms with Crippen LogP contribution in [0.5, 0.6) is 5.75 Å². The fraction of sp³-hybridized carbons (Fsp3) is 0.250. The van der Waals surface area contributed by atoms with E-state index in [1.807, 2.05) is 12.1 Å².